The van der Waals surface area contributed by atoms with Gasteiger partial charge in [-0.15, -0.1) is 0 Å². The Morgan fingerprint density at radius 3 is 2.26 bits per heavy atom. The van der Waals surface area contributed by atoms with Crippen molar-refractivity contribution in [2.75, 3.05) is 11.9 Å². The average molecular weight is 614 g/mol. The predicted octanol–water partition coefficient (Wildman–Crippen LogP) is 6.84. The van der Waals surface area contributed by atoms with E-state index in [1.807, 2.05) is 0 Å². The van der Waals surface area contributed by atoms with Crippen molar-refractivity contribution in [3.05, 3.63) is 58.1 Å². The van der Waals surface area contributed by atoms with Crippen LogP contribution in [-0.2, 0) is 11.3 Å². The number of hydrogen-bond donors (Lipinski definition) is 3. The van der Waals surface area contributed by atoms with Crippen LogP contribution in [0.5, 0.6) is 5.75 Å². The van der Waals surface area contributed by atoms with Gasteiger partial charge in [-0.1, -0.05) is 24.6 Å². The Bertz CT molecular complexity index is 1290. The zero-order valence-electron chi connectivity index (χ0n) is 24.0. The summed E-state index contributed by atoms with van der Waals surface area (Å²) in [7, 11) is 0. The van der Waals surface area contributed by atoms with Crippen molar-refractivity contribution in [1.29, 1.82) is 0 Å². The molecule has 2 aromatic rings. The molecule has 0 heterocycles. The topological polar surface area (TPSA) is 96.5 Å². The van der Waals surface area contributed by atoms with Gasteiger partial charge in [0.2, 0.25) is 5.91 Å². The second-order valence-corrected chi connectivity index (χ2v) is 11.7. The lowest BCUT2D eigenvalue weighted by Crippen LogP contribution is -2.47. The van der Waals surface area contributed by atoms with Crippen LogP contribution >= 0.6 is 11.6 Å². The maximum Gasteiger partial charge on any atom is 0.272 e. The molecule has 230 valence electrons. The van der Waals surface area contributed by atoms with E-state index in [0.29, 0.717) is 18.4 Å². The molecule has 0 saturated heterocycles. The van der Waals surface area contributed by atoms with Crippen LogP contribution in [0.2, 0.25) is 5.02 Å². The van der Waals surface area contributed by atoms with Gasteiger partial charge in [0.05, 0.1) is 16.1 Å². The third kappa shape index (κ3) is 8.59. The standard InChI is InChI=1S/C30H36ClF4N3O4/c1-17-5-8-19(9-6-17)37-27(40)22-14-20(10-12-24(22)42-16-25(32)33)38-26(39)21-13-18(7-11-23(21)31)15-36-28(41)29(2,3)30(4,34)35/h7,10-14,17,19,25H,5-6,8-9,15-16H2,1-4H3,(H,36,41)(H,37,40)(H,38,39). The summed E-state index contributed by atoms with van der Waals surface area (Å²) in [5.74, 6) is -4.76. The SMILES string of the molecule is CC1CCC(NC(=O)c2cc(NC(=O)c3cc(CNC(=O)C(C)(C)C(C)(F)F)ccc3Cl)ccc2OCC(F)F)CC1. The van der Waals surface area contributed by atoms with Gasteiger partial charge in [-0.25, -0.2) is 17.6 Å². The zero-order chi connectivity index (χ0) is 31.2. The molecule has 0 aliphatic heterocycles. The van der Waals surface area contributed by atoms with E-state index >= 15 is 0 Å². The first-order chi connectivity index (χ1) is 19.6. The Morgan fingerprint density at radius 1 is 0.976 bits per heavy atom. The summed E-state index contributed by atoms with van der Waals surface area (Å²) in [6, 6.07) is 8.39. The molecule has 0 spiro atoms. The first-order valence-electron chi connectivity index (χ1n) is 13.7. The quantitative estimate of drug-likeness (QED) is 0.242. The molecule has 1 aliphatic rings. The summed E-state index contributed by atoms with van der Waals surface area (Å²) < 4.78 is 58.5. The number of halogens is 5. The van der Waals surface area contributed by atoms with Gasteiger partial charge >= 0.3 is 0 Å². The molecule has 3 amide bonds. The highest BCUT2D eigenvalue weighted by Gasteiger charge is 2.47. The molecule has 0 unspecified atom stereocenters. The number of amides is 3. The third-order valence-electron chi connectivity index (χ3n) is 7.59. The lowest BCUT2D eigenvalue weighted by atomic mass is 9.85. The molecule has 1 aliphatic carbocycles. The van der Waals surface area contributed by atoms with Crippen LogP contribution in [0, 0.1) is 11.3 Å². The monoisotopic (exact) mass is 613 g/mol. The molecule has 1 saturated carbocycles. The van der Waals surface area contributed by atoms with Gasteiger partial charge in [-0.05, 0) is 81.3 Å². The number of hydrogen-bond acceptors (Lipinski definition) is 4. The van der Waals surface area contributed by atoms with E-state index in [1.165, 1.54) is 30.3 Å². The van der Waals surface area contributed by atoms with Gasteiger partial charge in [0, 0.05) is 25.2 Å². The number of alkyl halides is 4. The maximum absolute atomic E-state index is 13.8. The number of nitrogens with one attached hydrogen (secondary N) is 3. The molecule has 0 atom stereocenters. The first kappa shape index (κ1) is 33.2. The van der Waals surface area contributed by atoms with Crippen molar-refractivity contribution >= 4 is 35.0 Å². The van der Waals surface area contributed by atoms with Crippen LogP contribution in [-0.4, -0.2) is 42.7 Å². The van der Waals surface area contributed by atoms with Crippen LogP contribution in [0.25, 0.3) is 0 Å². The van der Waals surface area contributed by atoms with E-state index in [1.54, 1.807) is 6.07 Å². The Balaban J connectivity index is 1.77. The molecule has 12 heteroatoms. The van der Waals surface area contributed by atoms with Gasteiger partial charge in [0.1, 0.15) is 17.8 Å². The fraction of sp³-hybridized carbons (Fsp3) is 0.500. The van der Waals surface area contributed by atoms with Crippen molar-refractivity contribution in [3.8, 4) is 5.75 Å². The minimum Gasteiger partial charge on any atom is -0.487 e. The molecule has 1 fully saturated rings. The minimum atomic E-state index is -3.26. The number of ether oxygens (including phenoxy) is 1. The summed E-state index contributed by atoms with van der Waals surface area (Å²) in [6.45, 7) is 4.05. The molecule has 0 bridgehead atoms. The van der Waals surface area contributed by atoms with Gasteiger partial charge < -0.3 is 20.7 Å². The first-order valence-corrected chi connectivity index (χ1v) is 14.1. The summed E-state index contributed by atoms with van der Waals surface area (Å²) in [4.78, 5) is 38.6. The minimum absolute atomic E-state index is 0.00928. The van der Waals surface area contributed by atoms with E-state index in [0.717, 1.165) is 39.5 Å². The van der Waals surface area contributed by atoms with E-state index in [4.69, 9.17) is 16.3 Å². The Hall–Kier alpha value is -3.34. The molecule has 3 N–H and O–H groups in total. The summed E-state index contributed by atoms with van der Waals surface area (Å²) >= 11 is 6.25. The molecular formula is C30H36ClF4N3O4. The van der Waals surface area contributed by atoms with Crippen molar-refractivity contribution in [3.63, 3.8) is 0 Å². The second kappa shape index (κ2) is 13.8. The van der Waals surface area contributed by atoms with Crippen LogP contribution in [0.3, 0.4) is 0 Å². The highest BCUT2D eigenvalue weighted by Crippen LogP contribution is 2.36. The van der Waals surface area contributed by atoms with Gasteiger partial charge in [0.15, 0.2) is 0 Å². The number of rotatable bonds is 11. The van der Waals surface area contributed by atoms with Gasteiger partial charge in [-0.2, -0.15) is 0 Å². The number of carbonyl (C=O) groups excluding carboxylic acids is 3. The number of carbonyl (C=O) groups is 3. The van der Waals surface area contributed by atoms with Gasteiger partial charge in [-0.3, -0.25) is 14.4 Å². The highest BCUT2D eigenvalue weighted by atomic mass is 35.5. The molecular weight excluding hydrogens is 578 g/mol. The fourth-order valence-electron chi connectivity index (χ4n) is 4.39. The molecule has 2 aromatic carbocycles. The molecule has 0 aromatic heterocycles. The van der Waals surface area contributed by atoms with Crippen LogP contribution < -0.4 is 20.7 Å². The average Bonchev–Trinajstić information content (AvgIpc) is 2.92. The third-order valence-corrected chi connectivity index (χ3v) is 7.92. The fourth-order valence-corrected chi connectivity index (χ4v) is 4.59. The lowest BCUT2D eigenvalue weighted by Gasteiger charge is -2.29. The normalized spacial score (nSPS) is 17.5. The van der Waals surface area contributed by atoms with Gasteiger partial charge in [0.25, 0.3) is 24.2 Å². The van der Waals surface area contributed by atoms with Crippen LogP contribution in [0.1, 0.15) is 79.7 Å². The predicted molar refractivity (Wildman–Crippen MR) is 152 cm³/mol. The second-order valence-electron chi connectivity index (χ2n) is 11.3. The summed E-state index contributed by atoms with van der Waals surface area (Å²) in [5, 5.41) is 8.12. The Morgan fingerprint density at radius 2 is 1.64 bits per heavy atom. The molecule has 3 rings (SSSR count). The van der Waals surface area contributed by atoms with E-state index in [2.05, 4.69) is 22.9 Å². The molecule has 42 heavy (non-hydrogen) atoms. The van der Waals surface area contributed by atoms with E-state index in [-0.39, 0.29) is 40.2 Å². The largest absolute Gasteiger partial charge is 0.487 e. The molecule has 0 radical (unpaired) electrons. The van der Waals surface area contributed by atoms with Crippen molar-refractivity contribution < 1.29 is 36.7 Å². The van der Waals surface area contributed by atoms with Crippen molar-refractivity contribution in [2.24, 2.45) is 11.3 Å². The van der Waals surface area contributed by atoms with E-state index in [9.17, 15) is 31.9 Å². The van der Waals surface area contributed by atoms with Crippen LogP contribution in [0.4, 0.5) is 23.2 Å². The smallest absolute Gasteiger partial charge is 0.272 e. The summed E-state index contributed by atoms with van der Waals surface area (Å²) in [6.07, 6.45) is 0.766. The van der Waals surface area contributed by atoms with E-state index < -0.39 is 42.1 Å². The maximum atomic E-state index is 13.8. The zero-order valence-corrected chi connectivity index (χ0v) is 24.7. The van der Waals surface area contributed by atoms with Crippen LogP contribution in [0.15, 0.2) is 36.4 Å². The van der Waals surface area contributed by atoms with Crippen molar-refractivity contribution in [2.45, 2.75) is 78.3 Å². The Labute approximate surface area is 247 Å². The lowest BCUT2D eigenvalue weighted by molar-refractivity contribution is -0.151. The summed E-state index contributed by atoms with van der Waals surface area (Å²) in [5.41, 5.74) is -1.31. The van der Waals surface area contributed by atoms with Crippen molar-refractivity contribution in [1.82, 2.24) is 10.6 Å². The Kier molecular flexibility index (Phi) is 10.9. The number of anilines is 1. The molecule has 7 nitrogen and oxygen atoms in total. The highest BCUT2D eigenvalue weighted by molar-refractivity contribution is 6.34. The number of benzene rings is 2.